The number of ether oxygens (including phenoxy) is 1. The molecule has 136 valence electrons. The summed E-state index contributed by atoms with van der Waals surface area (Å²) in [4.78, 5) is 12.1. The summed E-state index contributed by atoms with van der Waals surface area (Å²) < 4.78 is 8.74. The van der Waals surface area contributed by atoms with Crippen LogP contribution in [0.4, 0.5) is 5.69 Å². The second kappa shape index (κ2) is 7.84. The van der Waals surface area contributed by atoms with E-state index in [0.717, 1.165) is 17.7 Å². The molecule has 0 aliphatic carbocycles. The van der Waals surface area contributed by atoms with E-state index >= 15 is 0 Å². The maximum Gasteiger partial charge on any atom is 0.248 e. The maximum absolute atomic E-state index is 12.1. The first kappa shape index (κ1) is 19.2. The normalized spacial score (nSPS) is 12.1. The van der Waals surface area contributed by atoms with Gasteiger partial charge in [0.05, 0.1) is 23.2 Å². The number of nitrogens with one attached hydrogen (secondary N) is 1. The van der Waals surface area contributed by atoms with Gasteiger partial charge < -0.3 is 10.1 Å². The minimum atomic E-state index is -0.254. The van der Waals surface area contributed by atoms with Crippen LogP contribution in [0.25, 0.3) is 6.08 Å². The molecule has 0 saturated carbocycles. The summed E-state index contributed by atoms with van der Waals surface area (Å²) in [5.41, 5.74) is 1.93. The van der Waals surface area contributed by atoms with Crippen LogP contribution in [0.15, 0.2) is 18.5 Å². The van der Waals surface area contributed by atoms with Crippen molar-refractivity contribution in [2.45, 2.75) is 39.3 Å². The SMILES string of the molecule is COC(C)(C)CCn1cc(NC(=O)C=Cc2c(C)nn(C)c2Cl)cn1. The number of aryl methyl sites for hydroxylation is 3. The van der Waals surface area contributed by atoms with E-state index in [1.807, 2.05) is 20.8 Å². The second-order valence-corrected chi connectivity index (χ2v) is 6.80. The monoisotopic (exact) mass is 365 g/mol. The minimum Gasteiger partial charge on any atom is -0.379 e. The van der Waals surface area contributed by atoms with Crippen molar-refractivity contribution < 1.29 is 9.53 Å². The molecule has 2 aromatic rings. The molecule has 7 nitrogen and oxygen atoms in total. The third-order valence-corrected chi connectivity index (χ3v) is 4.44. The van der Waals surface area contributed by atoms with Gasteiger partial charge in [-0.2, -0.15) is 10.2 Å². The lowest BCUT2D eigenvalue weighted by Gasteiger charge is -2.22. The molecule has 0 aromatic carbocycles. The quantitative estimate of drug-likeness (QED) is 0.765. The Morgan fingerprint density at radius 2 is 2.20 bits per heavy atom. The largest absolute Gasteiger partial charge is 0.379 e. The van der Waals surface area contributed by atoms with E-state index in [9.17, 15) is 4.79 Å². The van der Waals surface area contributed by atoms with Crippen LogP contribution in [0.2, 0.25) is 5.15 Å². The Morgan fingerprint density at radius 3 is 2.80 bits per heavy atom. The summed E-state index contributed by atoms with van der Waals surface area (Å²) >= 11 is 6.14. The minimum absolute atomic E-state index is 0.209. The molecule has 25 heavy (non-hydrogen) atoms. The fraction of sp³-hybridized carbons (Fsp3) is 0.471. The number of aromatic nitrogens is 4. The first-order valence-electron chi connectivity index (χ1n) is 7.97. The number of carbonyl (C=O) groups excluding carboxylic acids is 1. The molecule has 0 bridgehead atoms. The van der Waals surface area contributed by atoms with Gasteiger partial charge in [0.1, 0.15) is 5.15 Å². The first-order valence-corrected chi connectivity index (χ1v) is 8.35. The molecule has 0 spiro atoms. The Morgan fingerprint density at radius 1 is 1.48 bits per heavy atom. The third-order valence-electron chi connectivity index (χ3n) is 3.99. The molecular formula is C17H24ClN5O2. The predicted molar refractivity (Wildman–Crippen MR) is 98.6 cm³/mol. The molecular weight excluding hydrogens is 342 g/mol. The molecule has 2 rings (SSSR count). The van der Waals surface area contributed by atoms with Gasteiger partial charge in [0.15, 0.2) is 0 Å². The number of carbonyl (C=O) groups is 1. The third kappa shape index (κ3) is 5.17. The molecule has 2 heterocycles. The van der Waals surface area contributed by atoms with Gasteiger partial charge in [-0.05, 0) is 33.3 Å². The highest BCUT2D eigenvalue weighted by atomic mass is 35.5. The molecule has 1 N–H and O–H groups in total. The van der Waals surface area contributed by atoms with Crippen LogP contribution in [-0.4, -0.2) is 38.2 Å². The molecule has 0 aliphatic rings. The molecule has 0 radical (unpaired) electrons. The average Bonchev–Trinajstić information content (AvgIpc) is 3.09. The van der Waals surface area contributed by atoms with E-state index in [4.69, 9.17) is 16.3 Å². The zero-order chi connectivity index (χ0) is 18.6. The van der Waals surface area contributed by atoms with Crippen LogP contribution in [0.5, 0.6) is 0 Å². The second-order valence-electron chi connectivity index (χ2n) is 6.44. The zero-order valence-electron chi connectivity index (χ0n) is 15.2. The molecule has 0 atom stereocenters. The summed E-state index contributed by atoms with van der Waals surface area (Å²) in [5, 5.41) is 11.7. The highest BCUT2D eigenvalue weighted by Crippen LogP contribution is 2.20. The maximum atomic E-state index is 12.1. The van der Waals surface area contributed by atoms with E-state index in [-0.39, 0.29) is 11.5 Å². The van der Waals surface area contributed by atoms with E-state index < -0.39 is 0 Å². The van der Waals surface area contributed by atoms with E-state index in [2.05, 4.69) is 15.5 Å². The number of methoxy groups -OCH3 is 1. The highest BCUT2D eigenvalue weighted by Gasteiger charge is 2.16. The van der Waals surface area contributed by atoms with Gasteiger partial charge in [0.25, 0.3) is 0 Å². The number of amides is 1. The molecule has 0 saturated heterocycles. The fourth-order valence-corrected chi connectivity index (χ4v) is 2.45. The fourth-order valence-electron chi connectivity index (χ4n) is 2.21. The van der Waals surface area contributed by atoms with Crippen molar-refractivity contribution in [1.82, 2.24) is 19.6 Å². The van der Waals surface area contributed by atoms with E-state index in [0.29, 0.717) is 17.4 Å². The lowest BCUT2D eigenvalue weighted by molar-refractivity contribution is -0.111. The van der Waals surface area contributed by atoms with E-state index in [1.165, 1.54) is 6.08 Å². The van der Waals surface area contributed by atoms with Gasteiger partial charge in [0, 0.05) is 38.5 Å². The van der Waals surface area contributed by atoms with Crippen molar-refractivity contribution in [3.05, 3.63) is 34.9 Å². The summed E-state index contributed by atoms with van der Waals surface area (Å²) in [6, 6.07) is 0. The number of halogens is 1. The summed E-state index contributed by atoms with van der Waals surface area (Å²) in [6.45, 7) is 6.59. The van der Waals surface area contributed by atoms with Crippen molar-refractivity contribution in [2.24, 2.45) is 7.05 Å². The van der Waals surface area contributed by atoms with E-state index in [1.54, 1.807) is 42.0 Å². The van der Waals surface area contributed by atoms with Crippen molar-refractivity contribution >= 4 is 29.3 Å². The van der Waals surface area contributed by atoms with Gasteiger partial charge in [-0.3, -0.25) is 14.2 Å². The highest BCUT2D eigenvalue weighted by molar-refractivity contribution is 6.31. The Kier molecular flexibility index (Phi) is 6.02. The van der Waals surface area contributed by atoms with Crippen LogP contribution in [0.3, 0.4) is 0 Å². The van der Waals surface area contributed by atoms with Crippen molar-refractivity contribution in [1.29, 1.82) is 0 Å². The number of rotatable bonds is 7. The summed E-state index contributed by atoms with van der Waals surface area (Å²) in [5.74, 6) is -0.254. The molecule has 8 heteroatoms. The van der Waals surface area contributed by atoms with Crippen LogP contribution in [0.1, 0.15) is 31.5 Å². The van der Waals surface area contributed by atoms with Crippen molar-refractivity contribution in [3.63, 3.8) is 0 Å². The molecule has 0 unspecified atom stereocenters. The Balaban J connectivity index is 1.94. The Labute approximate surface area is 152 Å². The Hall–Kier alpha value is -2.12. The van der Waals surface area contributed by atoms with Crippen LogP contribution >= 0.6 is 11.6 Å². The van der Waals surface area contributed by atoms with Gasteiger partial charge >= 0.3 is 0 Å². The summed E-state index contributed by atoms with van der Waals surface area (Å²) in [7, 11) is 3.45. The predicted octanol–water partition coefficient (Wildman–Crippen LogP) is 3.05. The number of nitrogens with zero attached hydrogens (tertiary/aromatic N) is 4. The van der Waals surface area contributed by atoms with Gasteiger partial charge in [0.2, 0.25) is 5.91 Å². The number of hydrogen-bond acceptors (Lipinski definition) is 4. The average molecular weight is 366 g/mol. The number of anilines is 1. The smallest absolute Gasteiger partial charge is 0.248 e. The van der Waals surface area contributed by atoms with Crippen LogP contribution in [-0.2, 0) is 23.1 Å². The summed E-state index contributed by atoms with van der Waals surface area (Å²) in [6.07, 6.45) is 7.32. The topological polar surface area (TPSA) is 74.0 Å². The van der Waals surface area contributed by atoms with Gasteiger partial charge in [-0.1, -0.05) is 11.6 Å². The molecule has 0 fully saturated rings. The lowest BCUT2D eigenvalue weighted by Crippen LogP contribution is -2.24. The zero-order valence-corrected chi connectivity index (χ0v) is 16.0. The molecule has 2 aromatic heterocycles. The lowest BCUT2D eigenvalue weighted by atomic mass is 10.1. The van der Waals surface area contributed by atoms with Crippen LogP contribution in [0, 0.1) is 6.92 Å². The molecule has 0 aliphatic heterocycles. The van der Waals surface area contributed by atoms with Gasteiger partial charge in [-0.25, -0.2) is 0 Å². The number of hydrogen-bond donors (Lipinski definition) is 1. The van der Waals surface area contributed by atoms with Crippen molar-refractivity contribution in [2.75, 3.05) is 12.4 Å². The first-order chi connectivity index (χ1) is 11.7. The Bertz CT molecular complexity index is 776. The standard InChI is InChI=1S/C17H24ClN5O2/c1-12-14(16(18)22(4)21-12)6-7-15(24)20-13-10-19-23(11-13)9-8-17(2,3)25-5/h6-7,10-11H,8-9H2,1-5H3,(H,20,24). The van der Waals surface area contributed by atoms with Crippen LogP contribution < -0.4 is 5.32 Å². The molecule has 1 amide bonds. The van der Waals surface area contributed by atoms with Gasteiger partial charge in [-0.15, -0.1) is 0 Å². The van der Waals surface area contributed by atoms with Crippen molar-refractivity contribution in [3.8, 4) is 0 Å².